The van der Waals surface area contributed by atoms with Gasteiger partial charge in [0.25, 0.3) is 0 Å². The van der Waals surface area contributed by atoms with Gasteiger partial charge >= 0.3 is 0 Å². The summed E-state index contributed by atoms with van der Waals surface area (Å²) in [5.74, 6) is 0.298. The smallest absolute Gasteiger partial charge is 0.124 e. The van der Waals surface area contributed by atoms with Crippen LogP contribution >= 0.6 is 0 Å². The van der Waals surface area contributed by atoms with E-state index in [1.165, 1.54) is 12.1 Å². The first-order valence-electron chi connectivity index (χ1n) is 7.40. The predicted molar refractivity (Wildman–Crippen MR) is 84.8 cm³/mol. The average Bonchev–Trinajstić information content (AvgIpc) is 2.96. The number of ether oxygens (including phenoxy) is 1. The molecule has 5 heteroatoms. The van der Waals surface area contributed by atoms with E-state index >= 15 is 0 Å². The lowest BCUT2D eigenvalue weighted by Gasteiger charge is -2.28. The van der Waals surface area contributed by atoms with E-state index in [2.05, 4.69) is 0 Å². The number of hydrogen-bond donors (Lipinski definition) is 1. The second-order valence-electron chi connectivity index (χ2n) is 5.61. The molecule has 2 atom stereocenters. The highest BCUT2D eigenvalue weighted by Crippen LogP contribution is 2.38. The van der Waals surface area contributed by atoms with Gasteiger partial charge in [-0.15, -0.1) is 0 Å². The fourth-order valence-electron chi connectivity index (χ4n) is 3.09. The molecule has 4 nitrogen and oxygen atoms in total. The van der Waals surface area contributed by atoms with Gasteiger partial charge in [0.15, 0.2) is 0 Å². The molecule has 2 aromatic rings. The normalized spacial score (nSPS) is 20.3. The van der Waals surface area contributed by atoms with Crippen molar-refractivity contribution in [3.05, 3.63) is 59.4 Å². The van der Waals surface area contributed by atoms with Crippen LogP contribution in [0.1, 0.15) is 23.6 Å². The first kappa shape index (κ1) is 15.3. The molecule has 0 radical (unpaired) electrons. The number of β-amino-alcohol motifs (C(OH)–C–C–N with tert-alkyl or cyclic N) is 1. The third kappa shape index (κ3) is 2.99. The molecule has 0 bridgehead atoms. The predicted octanol–water partition coefficient (Wildman–Crippen LogP) is 3.02. The summed E-state index contributed by atoms with van der Waals surface area (Å²) in [6, 6.07) is 13.7. The third-order valence-electron chi connectivity index (χ3n) is 4.15. The fourth-order valence-corrected chi connectivity index (χ4v) is 3.09. The fraction of sp³-hybridized carbons (Fsp3) is 0.278. The van der Waals surface area contributed by atoms with Crippen LogP contribution < -0.4 is 9.64 Å². The summed E-state index contributed by atoms with van der Waals surface area (Å²) in [5.41, 5.74) is 1.90. The number of hydrogen-bond acceptors (Lipinski definition) is 4. The Morgan fingerprint density at radius 2 is 2.13 bits per heavy atom. The van der Waals surface area contributed by atoms with Crippen molar-refractivity contribution in [1.82, 2.24) is 0 Å². The van der Waals surface area contributed by atoms with E-state index < -0.39 is 11.9 Å². The summed E-state index contributed by atoms with van der Waals surface area (Å²) >= 11 is 0. The quantitative estimate of drug-likeness (QED) is 0.946. The monoisotopic (exact) mass is 312 g/mol. The van der Waals surface area contributed by atoms with Crippen LogP contribution in [0.4, 0.5) is 10.1 Å². The molecule has 1 saturated heterocycles. The maximum Gasteiger partial charge on any atom is 0.124 e. The summed E-state index contributed by atoms with van der Waals surface area (Å²) < 4.78 is 18.6. The summed E-state index contributed by atoms with van der Waals surface area (Å²) in [6.07, 6.45) is 0.0536. The van der Waals surface area contributed by atoms with E-state index in [0.29, 0.717) is 18.7 Å². The maximum absolute atomic E-state index is 13.4. The van der Waals surface area contributed by atoms with E-state index in [1.807, 2.05) is 35.2 Å². The number of methoxy groups -OCH3 is 1. The highest BCUT2D eigenvalue weighted by atomic mass is 19.1. The van der Waals surface area contributed by atoms with Crippen molar-refractivity contribution in [3.8, 4) is 11.8 Å². The van der Waals surface area contributed by atoms with Gasteiger partial charge in [-0.3, -0.25) is 0 Å². The van der Waals surface area contributed by atoms with Crippen LogP contribution in [0.5, 0.6) is 5.75 Å². The molecular formula is C18H17FN2O2. The topological polar surface area (TPSA) is 56.5 Å². The summed E-state index contributed by atoms with van der Waals surface area (Å²) in [4.78, 5) is 1.96. The van der Waals surface area contributed by atoms with Gasteiger partial charge in [0.2, 0.25) is 0 Å². The summed E-state index contributed by atoms with van der Waals surface area (Å²) in [6.45, 7) is 0.405. The minimum atomic E-state index is -0.497. The number of rotatable bonds is 3. The molecule has 1 fully saturated rings. The number of halogens is 1. The minimum absolute atomic E-state index is 0.0855. The van der Waals surface area contributed by atoms with Crippen molar-refractivity contribution in [2.45, 2.75) is 18.6 Å². The molecule has 0 amide bonds. The molecule has 1 heterocycles. The van der Waals surface area contributed by atoms with Crippen molar-refractivity contribution in [2.24, 2.45) is 0 Å². The van der Waals surface area contributed by atoms with E-state index in [0.717, 1.165) is 11.3 Å². The molecule has 23 heavy (non-hydrogen) atoms. The molecule has 1 N–H and O–H groups in total. The third-order valence-corrected chi connectivity index (χ3v) is 4.15. The molecule has 3 rings (SSSR count). The second kappa shape index (κ2) is 6.27. The van der Waals surface area contributed by atoms with Gasteiger partial charge < -0.3 is 14.7 Å². The van der Waals surface area contributed by atoms with E-state index in [1.54, 1.807) is 13.2 Å². The molecule has 0 saturated carbocycles. The average molecular weight is 312 g/mol. The van der Waals surface area contributed by atoms with Crippen molar-refractivity contribution in [3.63, 3.8) is 0 Å². The molecule has 0 aliphatic carbocycles. The van der Waals surface area contributed by atoms with Crippen LogP contribution in [-0.4, -0.2) is 24.9 Å². The standard InChI is InChI=1S/C18H17FN2O2/c1-23-16-4-2-3-12(8-16)18-9-15(22)11-21(18)17-6-5-14(19)7-13(17)10-20/h2-8,15,18,22H,9,11H2,1H3/t15-,18-/m1/s1. The molecule has 0 aromatic heterocycles. The highest BCUT2D eigenvalue weighted by Gasteiger charge is 2.33. The Hall–Kier alpha value is -2.58. The van der Waals surface area contributed by atoms with Crippen LogP contribution in [0, 0.1) is 17.1 Å². The SMILES string of the molecule is COc1cccc([C@H]2C[C@@H](O)CN2c2ccc(F)cc2C#N)c1. The van der Waals surface area contributed by atoms with Crippen molar-refractivity contribution in [2.75, 3.05) is 18.6 Å². The molecule has 2 aromatic carbocycles. The van der Waals surface area contributed by atoms with Crippen LogP contribution in [0.2, 0.25) is 0 Å². The Kier molecular flexibility index (Phi) is 4.18. The van der Waals surface area contributed by atoms with Gasteiger partial charge in [0.1, 0.15) is 17.6 Å². The Bertz CT molecular complexity index is 757. The van der Waals surface area contributed by atoms with Crippen LogP contribution in [0.3, 0.4) is 0 Å². The van der Waals surface area contributed by atoms with Crippen molar-refractivity contribution in [1.29, 1.82) is 5.26 Å². The van der Waals surface area contributed by atoms with Crippen molar-refractivity contribution >= 4 is 5.69 Å². The number of nitriles is 1. The zero-order chi connectivity index (χ0) is 16.4. The number of aliphatic hydroxyl groups excluding tert-OH is 1. The first-order valence-corrected chi connectivity index (χ1v) is 7.40. The highest BCUT2D eigenvalue weighted by molar-refractivity contribution is 5.61. The van der Waals surface area contributed by atoms with Gasteiger partial charge in [-0.2, -0.15) is 5.26 Å². The van der Waals surface area contributed by atoms with Crippen LogP contribution in [0.25, 0.3) is 0 Å². The largest absolute Gasteiger partial charge is 0.497 e. The Labute approximate surface area is 134 Å². The Morgan fingerprint density at radius 3 is 2.87 bits per heavy atom. The van der Waals surface area contributed by atoms with Crippen LogP contribution in [-0.2, 0) is 0 Å². The lowest BCUT2D eigenvalue weighted by molar-refractivity contribution is 0.194. The summed E-state index contributed by atoms with van der Waals surface area (Å²) in [7, 11) is 1.61. The zero-order valence-electron chi connectivity index (χ0n) is 12.7. The number of anilines is 1. The van der Waals surface area contributed by atoms with E-state index in [-0.39, 0.29) is 11.6 Å². The second-order valence-corrected chi connectivity index (χ2v) is 5.61. The van der Waals surface area contributed by atoms with E-state index in [9.17, 15) is 14.8 Å². The van der Waals surface area contributed by atoms with Gasteiger partial charge in [-0.1, -0.05) is 12.1 Å². The maximum atomic E-state index is 13.4. The van der Waals surface area contributed by atoms with Gasteiger partial charge in [0.05, 0.1) is 30.5 Å². The van der Waals surface area contributed by atoms with Gasteiger partial charge in [-0.05, 0) is 42.3 Å². The number of nitrogens with zero attached hydrogens (tertiary/aromatic N) is 2. The van der Waals surface area contributed by atoms with E-state index in [4.69, 9.17) is 4.74 Å². The lowest BCUT2D eigenvalue weighted by atomic mass is 10.0. The summed E-state index contributed by atoms with van der Waals surface area (Å²) in [5, 5.41) is 19.4. The first-order chi connectivity index (χ1) is 11.1. The molecule has 0 spiro atoms. The molecule has 118 valence electrons. The molecular weight excluding hydrogens is 295 g/mol. The van der Waals surface area contributed by atoms with Crippen molar-refractivity contribution < 1.29 is 14.2 Å². The molecule has 1 aliphatic rings. The van der Waals surface area contributed by atoms with Crippen LogP contribution in [0.15, 0.2) is 42.5 Å². The van der Waals surface area contributed by atoms with Gasteiger partial charge in [-0.25, -0.2) is 4.39 Å². The lowest BCUT2D eigenvalue weighted by Crippen LogP contribution is -2.25. The molecule has 0 unspecified atom stereocenters. The Morgan fingerprint density at radius 1 is 1.30 bits per heavy atom. The Balaban J connectivity index is 2.02. The number of aliphatic hydroxyl groups is 1. The molecule has 1 aliphatic heterocycles. The zero-order valence-corrected chi connectivity index (χ0v) is 12.7. The number of benzene rings is 2. The van der Waals surface area contributed by atoms with Gasteiger partial charge in [0, 0.05) is 6.54 Å². The minimum Gasteiger partial charge on any atom is -0.497 e.